The molecule has 0 aromatic carbocycles. The van der Waals surface area contributed by atoms with Crippen molar-refractivity contribution in [1.29, 1.82) is 0 Å². The molecule has 25 heavy (non-hydrogen) atoms. The van der Waals surface area contributed by atoms with Gasteiger partial charge in [0.2, 0.25) is 0 Å². The minimum Gasteiger partial charge on any atom is -0.463 e. The van der Waals surface area contributed by atoms with Crippen LogP contribution in [0.2, 0.25) is 0 Å². The number of carbonyl (C=O) groups is 2. The number of H-pyrrole nitrogens is 1. The van der Waals surface area contributed by atoms with Crippen molar-refractivity contribution in [2.45, 2.75) is 45.0 Å². The summed E-state index contributed by atoms with van der Waals surface area (Å²) < 4.78 is 15.7. The van der Waals surface area contributed by atoms with Gasteiger partial charge in [0, 0.05) is 20.0 Å². The van der Waals surface area contributed by atoms with Crippen LogP contribution < -0.4 is 11.2 Å². The molecule has 0 aliphatic carbocycles. The molecule has 138 valence electrons. The maximum Gasteiger partial charge on any atom is 0.330 e. The first-order chi connectivity index (χ1) is 11.7. The van der Waals surface area contributed by atoms with Gasteiger partial charge in [0.15, 0.2) is 6.23 Å². The number of aromatic nitrogens is 2. The number of aliphatic hydroxyl groups is 2. The van der Waals surface area contributed by atoms with Crippen molar-refractivity contribution < 1.29 is 34.0 Å². The Labute approximate surface area is 140 Å². The van der Waals surface area contributed by atoms with Crippen molar-refractivity contribution in [2.24, 2.45) is 0 Å². The van der Waals surface area contributed by atoms with Crippen molar-refractivity contribution in [1.82, 2.24) is 9.55 Å². The van der Waals surface area contributed by atoms with Crippen molar-refractivity contribution in [3.8, 4) is 0 Å². The molecule has 1 aromatic heterocycles. The third kappa shape index (κ3) is 4.32. The van der Waals surface area contributed by atoms with Crippen molar-refractivity contribution in [3.63, 3.8) is 0 Å². The molecule has 1 aromatic rings. The molecule has 1 saturated heterocycles. The minimum absolute atomic E-state index is 0.0523. The smallest absolute Gasteiger partial charge is 0.330 e. The summed E-state index contributed by atoms with van der Waals surface area (Å²) in [7, 11) is 0. The number of nitrogens with one attached hydrogen (secondary N) is 1. The molecule has 4 atom stereocenters. The Morgan fingerprint density at radius 2 is 1.84 bits per heavy atom. The van der Waals surface area contributed by atoms with Gasteiger partial charge in [-0.15, -0.1) is 0 Å². The van der Waals surface area contributed by atoms with E-state index in [4.69, 9.17) is 14.2 Å². The number of aromatic amines is 1. The Kier molecular flexibility index (Phi) is 5.72. The van der Waals surface area contributed by atoms with E-state index >= 15 is 0 Å². The van der Waals surface area contributed by atoms with Crippen LogP contribution in [-0.2, 0) is 30.4 Å². The Hall–Kier alpha value is -2.50. The van der Waals surface area contributed by atoms with Crippen LogP contribution in [0.1, 0.15) is 25.6 Å². The number of nitrogens with zero attached hydrogens (tertiary/aromatic N) is 1. The molecular formula is C14H18N2O9. The van der Waals surface area contributed by atoms with Crippen LogP contribution in [0, 0.1) is 0 Å². The van der Waals surface area contributed by atoms with E-state index in [0.717, 1.165) is 17.7 Å². The second-order valence-electron chi connectivity index (χ2n) is 5.45. The molecule has 11 heteroatoms. The molecule has 0 radical (unpaired) electrons. The quantitative estimate of drug-likeness (QED) is 0.496. The summed E-state index contributed by atoms with van der Waals surface area (Å²) in [5.41, 5.74) is -1.70. The fourth-order valence-electron chi connectivity index (χ4n) is 2.29. The molecule has 0 saturated carbocycles. The first-order valence-corrected chi connectivity index (χ1v) is 7.33. The summed E-state index contributed by atoms with van der Waals surface area (Å²) in [4.78, 5) is 47.4. The molecule has 0 amide bonds. The number of aliphatic hydroxyl groups excluding tert-OH is 2. The van der Waals surface area contributed by atoms with E-state index in [0.29, 0.717) is 0 Å². The molecule has 1 aliphatic heterocycles. The van der Waals surface area contributed by atoms with E-state index in [1.807, 2.05) is 4.98 Å². The lowest BCUT2D eigenvalue weighted by Gasteiger charge is -2.18. The zero-order chi connectivity index (χ0) is 18.7. The normalized spacial score (nSPS) is 25.6. The Morgan fingerprint density at radius 1 is 1.20 bits per heavy atom. The Bertz CT molecular complexity index is 768. The SMILES string of the molecule is CC(=O)OCc1cn([C@@H]2O[C@H](COC(C)=O)C(O)[C@@H]2O)c(=O)[nH]c1=O. The van der Waals surface area contributed by atoms with Crippen molar-refractivity contribution in [2.75, 3.05) is 6.61 Å². The van der Waals surface area contributed by atoms with Crippen LogP contribution in [0.15, 0.2) is 15.8 Å². The van der Waals surface area contributed by atoms with Gasteiger partial charge in [0.05, 0.1) is 5.56 Å². The van der Waals surface area contributed by atoms with Gasteiger partial charge < -0.3 is 24.4 Å². The summed E-state index contributed by atoms with van der Waals surface area (Å²) in [6.07, 6.45) is -4.24. The third-order valence-corrected chi connectivity index (χ3v) is 3.53. The monoisotopic (exact) mass is 358 g/mol. The van der Waals surface area contributed by atoms with Gasteiger partial charge in [-0.2, -0.15) is 0 Å². The van der Waals surface area contributed by atoms with Gasteiger partial charge in [-0.05, 0) is 0 Å². The van der Waals surface area contributed by atoms with E-state index in [-0.39, 0.29) is 18.8 Å². The molecule has 1 fully saturated rings. The number of rotatable bonds is 5. The lowest BCUT2D eigenvalue weighted by Crippen LogP contribution is -2.39. The lowest BCUT2D eigenvalue weighted by molar-refractivity contribution is -0.147. The summed E-state index contributed by atoms with van der Waals surface area (Å²) in [6.45, 7) is 1.63. The average Bonchev–Trinajstić information content (AvgIpc) is 2.80. The van der Waals surface area contributed by atoms with Gasteiger partial charge in [0.25, 0.3) is 5.56 Å². The minimum atomic E-state index is -1.51. The number of hydrogen-bond acceptors (Lipinski definition) is 9. The molecule has 0 bridgehead atoms. The molecule has 11 nitrogen and oxygen atoms in total. The lowest BCUT2D eigenvalue weighted by atomic mass is 10.1. The van der Waals surface area contributed by atoms with Gasteiger partial charge in [0.1, 0.15) is 31.5 Å². The standard InChI is InChI=1S/C14H18N2O9/c1-6(17)23-4-8-3-16(14(22)15-12(8)21)13-11(20)10(19)9(25-13)5-24-7(2)18/h3,9-11,13,19-20H,4-5H2,1-2H3,(H,15,21,22)/t9-,10?,11+,13-/m1/s1. The summed E-state index contributed by atoms with van der Waals surface area (Å²) in [5.74, 6) is -1.22. The predicted molar refractivity (Wildman–Crippen MR) is 79.3 cm³/mol. The molecule has 3 N–H and O–H groups in total. The third-order valence-electron chi connectivity index (χ3n) is 3.53. The highest BCUT2D eigenvalue weighted by Crippen LogP contribution is 2.28. The Morgan fingerprint density at radius 3 is 2.44 bits per heavy atom. The maximum atomic E-state index is 12.0. The largest absolute Gasteiger partial charge is 0.463 e. The zero-order valence-electron chi connectivity index (χ0n) is 13.5. The van der Waals surface area contributed by atoms with Gasteiger partial charge >= 0.3 is 17.6 Å². The Balaban J connectivity index is 2.26. The fraction of sp³-hybridized carbons (Fsp3) is 0.571. The maximum absolute atomic E-state index is 12.0. The van der Waals surface area contributed by atoms with Crippen LogP contribution in [0.3, 0.4) is 0 Å². The molecule has 1 aliphatic rings. The summed E-state index contributed by atoms with van der Waals surface area (Å²) in [6, 6.07) is 0. The van der Waals surface area contributed by atoms with E-state index in [1.165, 1.54) is 6.92 Å². The molecule has 2 rings (SSSR count). The van der Waals surface area contributed by atoms with Crippen LogP contribution in [0.25, 0.3) is 0 Å². The topological polar surface area (TPSA) is 157 Å². The summed E-state index contributed by atoms with van der Waals surface area (Å²) >= 11 is 0. The highest BCUT2D eigenvalue weighted by Gasteiger charge is 2.44. The molecule has 1 unspecified atom stereocenters. The van der Waals surface area contributed by atoms with E-state index < -0.39 is 47.7 Å². The first-order valence-electron chi connectivity index (χ1n) is 7.33. The van der Waals surface area contributed by atoms with Crippen LogP contribution in [0.4, 0.5) is 0 Å². The number of hydrogen-bond donors (Lipinski definition) is 3. The first kappa shape index (κ1) is 18.8. The average molecular weight is 358 g/mol. The second kappa shape index (κ2) is 7.59. The highest BCUT2D eigenvalue weighted by molar-refractivity contribution is 5.66. The summed E-state index contributed by atoms with van der Waals surface area (Å²) in [5, 5.41) is 20.1. The number of ether oxygens (including phenoxy) is 3. The van der Waals surface area contributed by atoms with E-state index in [1.54, 1.807) is 0 Å². The number of carbonyl (C=O) groups excluding carboxylic acids is 2. The van der Waals surface area contributed by atoms with E-state index in [9.17, 15) is 29.4 Å². The predicted octanol–water partition coefficient (Wildman–Crippen LogP) is -2.22. The van der Waals surface area contributed by atoms with Crippen LogP contribution in [0.5, 0.6) is 0 Å². The van der Waals surface area contributed by atoms with Crippen LogP contribution in [-0.4, -0.2) is 56.6 Å². The second-order valence-corrected chi connectivity index (χ2v) is 5.45. The van der Waals surface area contributed by atoms with Gasteiger partial charge in [-0.3, -0.25) is 23.9 Å². The van der Waals surface area contributed by atoms with Gasteiger partial charge in [-0.25, -0.2) is 4.79 Å². The van der Waals surface area contributed by atoms with Gasteiger partial charge in [-0.1, -0.05) is 0 Å². The van der Waals surface area contributed by atoms with Crippen LogP contribution >= 0.6 is 0 Å². The van der Waals surface area contributed by atoms with Crippen molar-refractivity contribution >= 4 is 11.9 Å². The highest BCUT2D eigenvalue weighted by atomic mass is 16.6. The van der Waals surface area contributed by atoms with E-state index in [2.05, 4.69) is 0 Å². The molecule has 0 spiro atoms. The zero-order valence-corrected chi connectivity index (χ0v) is 13.5. The number of esters is 2. The van der Waals surface area contributed by atoms with Crippen molar-refractivity contribution in [3.05, 3.63) is 32.6 Å². The molecule has 2 heterocycles. The molecular weight excluding hydrogens is 340 g/mol. The fourth-order valence-corrected chi connectivity index (χ4v) is 2.29.